The van der Waals surface area contributed by atoms with Crippen molar-refractivity contribution in [2.75, 3.05) is 26.2 Å². The largest absolute Gasteiger partial charge is 0.342 e. The number of benzene rings is 1. The molecule has 2 saturated heterocycles. The van der Waals surface area contributed by atoms with Crippen LogP contribution in [0.25, 0.3) is 0 Å². The van der Waals surface area contributed by atoms with Gasteiger partial charge >= 0.3 is 0 Å². The highest BCUT2D eigenvalue weighted by atomic mass is 16.2. The molecule has 0 N–H and O–H groups in total. The van der Waals surface area contributed by atoms with Crippen LogP contribution >= 0.6 is 0 Å². The quantitative estimate of drug-likeness (QED) is 0.853. The van der Waals surface area contributed by atoms with Gasteiger partial charge in [0.25, 0.3) is 0 Å². The Morgan fingerprint density at radius 1 is 1.12 bits per heavy atom. The fourth-order valence-electron chi connectivity index (χ4n) is 4.21. The third-order valence-corrected chi connectivity index (χ3v) is 5.96. The van der Waals surface area contributed by atoms with E-state index in [1.807, 2.05) is 35.2 Å². The second kappa shape index (κ2) is 6.23. The summed E-state index contributed by atoms with van der Waals surface area (Å²) in [7, 11) is 0. The van der Waals surface area contributed by atoms with E-state index in [4.69, 9.17) is 0 Å². The minimum atomic E-state index is 0.134. The Labute approximate surface area is 143 Å². The van der Waals surface area contributed by atoms with Crippen molar-refractivity contribution in [3.05, 3.63) is 35.9 Å². The number of nitrogens with zero attached hydrogens (tertiary/aromatic N) is 2. The molecule has 4 heteroatoms. The topological polar surface area (TPSA) is 40.6 Å². The normalized spacial score (nSPS) is 23.1. The molecule has 0 radical (unpaired) electrons. The third-order valence-electron chi connectivity index (χ3n) is 5.96. The SMILES string of the molecule is O=C(Cc1ccccc1)N1CCC2(CC1)CC(=O)N(CC1CC1)C2. The van der Waals surface area contributed by atoms with Crippen LogP contribution in [0.1, 0.15) is 37.7 Å². The van der Waals surface area contributed by atoms with Gasteiger partial charge in [-0.25, -0.2) is 0 Å². The fraction of sp³-hybridized carbons (Fsp3) is 0.600. The van der Waals surface area contributed by atoms with E-state index in [1.165, 1.54) is 12.8 Å². The summed E-state index contributed by atoms with van der Waals surface area (Å²) >= 11 is 0. The van der Waals surface area contributed by atoms with E-state index in [0.717, 1.165) is 50.5 Å². The van der Waals surface area contributed by atoms with Gasteiger partial charge in [0.1, 0.15) is 0 Å². The van der Waals surface area contributed by atoms with Crippen molar-refractivity contribution in [1.82, 2.24) is 9.80 Å². The summed E-state index contributed by atoms with van der Waals surface area (Å²) in [6.45, 7) is 3.49. The Balaban J connectivity index is 1.31. The lowest BCUT2D eigenvalue weighted by Gasteiger charge is -2.39. The average Bonchev–Trinajstić information content (AvgIpc) is 3.34. The van der Waals surface area contributed by atoms with Gasteiger partial charge in [-0.15, -0.1) is 0 Å². The molecule has 128 valence electrons. The molecular formula is C20H26N2O2. The van der Waals surface area contributed by atoms with E-state index < -0.39 is 0 Å². The van der Waals surface area contributed by atoms with Crippen molar-refractivity contribution < 1.29 is 9.59 Å². The summed E-state index contributed by atoms with van der Waals surface area (Å²) in [6, 6.07) is 9.95. The first kappa shape index (κ1) is 15.7. The maximum atomic E-state index is 12.5. The van der Waals surface area contributed by atoms with Crippen LogP contribution in [0, 0.1) is 11.3 Å². The van der Waals surface area contributed by atoms with Crippen LogP contribution in [-0.2, 0) is 16.0 Å². The van der Waals surface area contributed by atoms with Gasteiger partial charge in [-0.1, -0.05) is 30.3 Å². The van der Waals surface area contributed by atoms with Crippen molar-refractivity contribution in [3.8, 4) is 0 Å². The predicted octanol–water partition coefficient (Wildman–Crippen LogP) is 2.48. The predicted molar refractivity (Wildman–Crippen MR) is 92.3 cm³/mol. The standard InChI is InChI=1S/C20H26N2O2/c23-18(12-16-4-2-1-3-5-16)21-10-8-20(9-11-21)13-19(24)22(15-20)14-17-6-7-17/h1-5,17H,6-15H2. The van der Waals surface area contributed by atoms with Gasteiger partial charge in [-0.05, 0) is 37.2 Å². The molecule has 1 aliphatic carbocycles. The third kappa shape index (κ3) is 3.33. The Bertz CT molecular complexity index is 616. The first-order valence-corrected chi connectivity index (χ1v) is 9.23. The highest BCUT2D eigenvalue weighted by Crippen LogP contribution is 2.42. The van der Waals surface area contributed by atoms with Gasteiger partial charge in [-0.3, -0.25) is 9.59 Å². The second-order valence-electron chi connectivity index (χ2n) is 7.94. The van der Waals surface area contributed by atoms with Crippen molar-refractivity contribution in [2.45, 2.75) is 38.5 Å². The zero-order valence-electron chi connectivity index (χ0n) is 14.2. The van der Waals surface area contributed by atoms with E-state index in [-0.39, 0.29) is 11.3 Å². The summed E-state index contributed by atoms with van der Waals surface area (Å²) in [4.78, 5) is 28.9. The molecule has 1 saturated carbocycles. The maximum Gasteiger partial charge on any atom is 0.226 e. The van der Waals surface area contributed by atoms with Crippen LogP contribution in [0.4, 0.5) is 0 Å². The van der Waals surface area contributed by atoms with Crippen molar-refractivity contribution >= 4 is 11.8 Å². The molecule has 2 amide bonds. The number of carbonyl (C=O) groups excluding carboxylic acids is 2. The first-order chi connectivity index (χ1) is 11.6. The first-order valence-electron chi connectivity index (χ1n) is 9.23. The summed E-state index contributed by atoms with van der Waals surface area (Å²) in [5.41, 5.74) is 1.21. The molecule has 2 aliphatic heterocycles. The molecule has 4 nitrogen and oxygen atoms in total. The highest BCUT2D eigenvalue weighted by molar-refractivity contribution is 5.80. The second-order valence-corrected chi connectivity index (χ2v) is 7.94. The van der Waals surface area contributed by atoms with E-state index in [1.54, 1.807) is 0 Å². The Hall–Kier alpha value is -1.84. The fourth-order valence-corrected chi connectivity index (χ4v) is 4.21. The number of hydrogen-bond donors (Lipinski definition) is 0. The molecule has 1 spiro atoms. The van der Waals surface area contributed by atoms with Crippen LogP contribution in [0.15, 0.2) is 30.3 Å². The molecule has 0 bridgehead atoms. The molecule has 1 aromatic carbocycles. The van der Waals surface area contributed by atoms with Gasteiger partial charge in [0.15, 0.2) is 0 Å². The number of piperidine rings is 1. The summed E-state index contributed by atoms with van der Waals surface area (Å²) in [5.74, 6) is 1.32. The lowest BCUT2D eigenvalue weighted by Crippen LogP contribution is -2.44. The molecule has 3 aliphatic rings. The minimum Gasteiger partial charge on any atom is -0.342 e. The Kier molecular flexibility index (Phi) is 4.07. The molecule has 1 aromatic rings. The number of rotatable bonds is 4. The van der Waals surface area contributed by atoms with Gasteiger partial charge in [0, 0.05) is 38.0 Å². The molecule has 2 heterocycles. The highest BCUT2D eigenvalue weighted by Gasteiger charge is 2.46. The zero-order chi connectivity index (χ0) is 16.6. The molecule has 0 atom stereocenters. The van der Waals surface area contributed by atoms with E-state index in [2.05, 4.69) is 4.90 Å². The Morgan fingerprint density at radius 2 is 1.83 bits per heavy atom. The number of amides is 2. The number of likely N-dealkylation sites (tertiary alicyclic amines) is 2. The lowest BCUT2D eigenvalue weighted by molar-refractivity contribution is -0.132. The molecule has 0 unspecified atom stereocenters. The molecule has 4 rings (SSSR count). The van der Waals surface area contributed by atoms with E-state index >= 15 is 0 Å². The van der Waals surface area contributed by atoms with Crippen LogP contribution < -0.4 is 0 Å². The van der Waals surface area contributed by atoms with Gasteiger partial charge < -0.3 is 9.80 Å². The smallest absolute Gasteiger partial charge is 0.226 e. The van der Waals surface area contributed by atoms with E-state index in [9.17, 15) is 9.59 Å². The van der Waals surface area contributed by atoms with Crippen molar-refractivity contribution in [3.63, 3.8) is 0 Å². The molecule has 24 heavy (non-hydrogen) atoms. The maximum absolute atomic E-state index is 12.5. The van der Waals surface area contributed by atoms with Crippen LogP contribution in [0.3, 0.4) is 0 Å². The molecular weight excluding hydrogens is 300 g/mol. The van der Waals surface area contributed by atoms with Gasteiger partial charge in [0.2, 0.25) is 11.8 Å². The van der Waals surface area contributed by atoms with Crippen LogP contribution in [0.2, 0.25) is 0 Å². The van der Waals surface area contributed by atoms with Crippen molar-refractivity contribution in [2.24, 2.45) is 11.3 Å². The van der Waals surface area contributed by atoms with Gasteiger partial charge in [0.05, 0.1) is 6.42 Å². The molecule has 3 fully saturated rings. The number of carbonyl (C=O) groups is 2. The molecule has 0 aromatic heterocycles. The Morgan fingerprint density at radius 3 is 2.50 bits per heavy atom. The average molecular weight is 326 g/mol. The van der Waals surface area contributed by atoms with Crippen LogP contribution in [-0.4, -0.2) is 47.8 Å². The summed E-state index contributed by atoms with van der Waals surface area (Å²) < 4.78 is 0. The van der Waals surface area contributed by atoms with Gasteiger partial charge in [-0.2, -0.15) is 0 Å². The summed E-state index contributed by atoms with van der Waals surface area (Å²) in [5, 5.41) is 0. The van der Waals surface area contributed by atoms with E-state index in [0.29, 0.717) is 18.7 Å². The monoisotopic (exact) mass is 326 g/mol. The van der Waals surface area contributed by atoms with Crippen LogP contribution in [0.5, 0.6) is 0 Å². The minimum absolute atomic E-state index is 0.134. The zero-order valence-corrected chi connectivity index (χ0v) is 14.2. The summed E-state index contributed by atoms with van der Waals surface area (Å²) in [6.07, 6.45) is 5.71. The number of hydrogen-bond acceptors (Lipinski definition) is 2. The van der Waals surface area contributed by atoms with Crippen molar-refractivity contribution in [1.29, 1.82) is 0 Å². The lowest BCUT2D eigenvalue weighted by atomic mass is 9.77.